The van der Waals surface area contributed by atoms with Crippen LogP contribution in [0.4, 0.5) is 0 Å². The van der Waals surface area contributed by atoms with Gasteiger partial charge in [-0.1, -0.05) is 0 Å². The van der Waals surface area contributed by atoms with Crippen LogP contribution in [0.15, 0.2) is 121 Å². The Morgan fingerprint density at radius 3 is 1.32 bits per heavy atom. The number of rotatable bonds is 6. The summed E-state index contributed by atoms with van der Waals surface area (Å²) in [6.45, 7) is 0. The molecule has 200 valence electrons. The van der Waals surface area contributed by atoms with E-state index < -0.39 is 32.6 Å². The van der Waals surface area contributed by atoms with E-state index in [0.29, 0.717) is 11.1 Å². The number of fused-ring (bicyclic) bond motifs is 2. The molecular weight excluding hydrogens is 548 g/mol. The molecule has 0 bridgehead atoms. The first kappa shape index (κ1) is 26.5. The predicted molar refractivity (Wildman–Crippen MR) is 160 cm³/mol. The van der Waals surface area contributed by atoms with Crippen molar-refractivity contribution < 1.29 is 28.5 Å². The molecule has 40 heavy (non-hydrogen) atoms. The summed E-state index contributed by atoms with van der Waals surface area (Å²) in [5.41, 5.74) is 4.83. The number of carbonyl (C=O) groups is 2. The monoisotopic (exact) mass is 580 g/mol. The van der Waals surface area contributed by atoms with Crippen molar-refractivity contribution in [3.63, 3.8) is 0 Å². The van der Waals surface area contributed by atoms with Crippen LogP contribution in [-0.2, 0) is 18.9 Å². The van der Waals surface area contributed by atoms with E-state index in [4.69, 9.17) is 6.64 Å². The molecule has 0 heterocycles. The molecule has 2 aliphatic carbocycles. The zero-order valence-electron chi connectivity index (χ0n) is 22.7. The minimum atomic E-state index is -6.62. The maximum atomic E-state index is 14.3. The topological polar surface area (TPSA) is 52.6 Å². The molecule has 0 amide bonds. The van der Waals surface area contributed by atoms with E-state index in [-0.39, 0.29) is 0 Å². The second kappa shape index (κ2) is 8.14. The summed E-state index contributed by atoms with van der Waals surface area (Å²) in [5, 5.41) is 3.98. The third kappa shape index (κ3) is 3.76. The van der Waals surface area contributed by atoms with Gasteiger partial charge < -0.3 is 0 Å². The molecule has 0 saturated heterocycles. The van der Waals surface area contributed by atoms with Crippen LogP contribution in [0.3, 0.4) is 0 Å². The predicted octanol–water partition coefficient (Wildman–Crippen LogP) is 7.47. The Hall–Kier alpha value is -3.77. The van der Waals surface area contributed by atoms with Gasteiger partial charge in [-0.25, -0.2) is 0 Å². The number of hydrogen-bond donors (Lipinski definition) is 0. The molecule has 4 nitrogen and oxygen atoms in total. The molecular formula is C34H32O4SiTi. The number of allylic oxidation sites excluding steroid dienone is 2. The molecule has 2 aliphatic rings. The van der Waals surface area contributed by atoms with Crippen molar-refractivity contribution in [1.29, 1.82) is 0 Å². The first-order valence-corrected chi connectivity index (χ1v) is 23.8. The quantitative estimate of drug-likeness (QED) is 0.222. The standard InChI is InChI=1S/2C9H7.2C7H6O2.2CH3.H2Si.Ti/c2*1-2-5-9-7-3-6-8(9)4-1;2*8-7(9)6-4-2-1-3-5-6;;;;/h2*1-7H;2*1-5H,(H,8,9);2*1H3;1H2;/q;;;;;;;+2/p-2. The van der Waals surface area contributed by atoms with Gasteiger partial charge in [-0.05, 0) is 0 Å². The van der Waals surface area contributed by atoms with Crippen molar-refractivity contribution in [2.45, 2.75) is 18.9 Å². The fourth-order valence-corrected chi connectivity index (χ4v) is 23.0. The van der Waals surface area contributed by atoms with Gasteiger partial charge >= 0.3 is 234 Å². The Balaban J connectivity index is 1.71. The van der Waals surface area contributed by atoms with E-state index in [9.17, 15) is 9.59 Å². The number of hydrogen-bond acceptors (Lipinski definition) is 4. The molecule has 6 rings (SSSR count). The normalized spacial score (nSPS) is 19.8. The van der Waals surface area contributed by atoms with E-state index in [1.54, 1.807) is 31.9 Å². The van der Waals surface area contributed by atoms with Gasteiger partial charge in [0, 0.05) is 0 Å². The molecule has 0 fully saturated rings. The zero-order valence-corrected chi connectivity index (χ0v) is 25.7. The molecule has 0 saturated carbocycles. The van der Waals surface area contributed by atoms with E-state index >= 15 is 0 Å². The molecule has 0 aromatic heterocycles. The van der Waals surface area contributed by atoms with Crippen LogP contribution >= 0.6 is 0 Å². The van der Waals surface area contributed by atoms with Crippen LogP contribution in [0.2, 0.25) is 10.5 Å². The van der Waals surface area contributed by atoms with Gasteiger partial charge in [-0.15, -0.1) is 0 Å². The summed E-state index contributed by atoms with van der Waals surface area (Å²) in [4.78, 5) is 28.6. The average Bonchev–Trinajstić information content (AvgIpc) is 3.61. The molecule has 4 aromatic rings. The SMILES string of the molecule is [CH3][Ti]([CH3])(=[SiH2])([O]C(=O)c1ccccc1)([O]C(=O)c1ccccc1)([CH]1C=Cc2ccccc21)[CH]1C=Cc2ccccc21. The van der Waals surface area contributed by atoms with Crippen molar-refractivity contribution in [2.24, 2.45) is 0 Å². The number of benzene rings is 4. The van der Waals surface area contributed by atoms with Crippen molar-refractivity contribution in [1.82, 2.24) is 0 Å². The summed E-state index contributed by atoms with van der Waals surface area (Å²) in [6.07, 6.45) is 8.28. The van der Waals surface area contributed by atoms with Crippen molar-refractivity contribution in [2.75, 3.05) is 0 Å². The first-order valence-electron chi connectivity index (χ1n) is 13.6. The summed E-state index contributed by atoms with van der Waals surface area (Å²) in [7, 11) is 1.64. The molecule has 2 unspecified atom stereocenters. The molecule has 0 spiro atoms. The first-order chi connectivity index (χ1) is 19.0. The van der Waals surface area contributed by atoms with Gasteiger partial charge in [-0.2, -0.15) is 0 Å². The van der Waals surface area contributed by atoms with Crippen LogP contribution in [-0.4, -0.2) is 19.6 Å². The van der Waals surface area contributed by atoms with Crippen LogP contribution < -0.4 is 0 Å². The fourth-order valence-electron chi connectivity index (χ4n) is 7.09. The Morgan fingerprint density at radius 2 is 0.925 bits per heavy atom. The minimum absolute atomic E-state index is 0.407. The molecule has 0 radical (unpaired) electrons. The summed E-state index contributed by atoms with van der Waals surface area (Å²) >= 11 is -6.62. The second-order valence-electron chi connectivity index (χ2n) is 13.0. The number of carbonyl (C=O) groups excluding carboxylic acids is 2. The van der Waals surface area contributed by atoms with E-state index in [1.165, 1.54) is 0 Å². The van der Waals surface area contributed by atoms with Gasteiger partial charge in [0.25, 0.3) is 0 Å². The van der Waals surface area contributed by atoms with Crippen LogP contribution in [0.5, 0.6) is 0 Å². The van der Waals surface area contributed by atoms with E-state index in [1.807, 2.05) is 83.3 Å². The molecule has 6 heteroatoms. The fraction of sp³-hybridized carbons (Fsp3) is 0.118. The van der Waals surface area contributed by atoms with Gasteiger partial charge in [-0.3, -0.25) is 0 Å². The molecule has 2 atom stereocenters. The second-order valence-corrected chi connectivity index (χ2v) is 41.6. The van der Waals surface area contributed by atoms with E-state index in [0.717, 1.165) is 22.3 Å². The van der Waals surface area contributed by atoms with Crippen molar-refractivity contribution in [3.8, 4) is 0 Å². The molecule has 0 aliphatic heterocycles. The summed E-state index contributed by atoms with van der Waals surface area (Å²) in [6, 6.07) is 34.1. The zero-order chi connectivity index (χ0) is 28.1. The van der Waals surface area contributed by atoms with Gasteiger partial charge in [0.1, 0.15) is 0 Å². The van der Waals surface area contributed by atoms with E-state index in [2.05, 4.69) is 36.4 Å². The third-order valence-electron chi connectivity index (χ3n) is 9.23. The summed E-state index contributed by atoms with van der Waals surface area (Å²) < 4.78 is 13.3. The van der Waals surface area contributed by atoms with Crippen LogP contribution in [0.1, 0.15) is 51.4 Å². The molecule has 4 aromatic carbocycles. The Bertz CT molecular complexity index is 1750. The van der Waals surface area contributed by atoms with Crippen LogP contribution in [0, 0.1) is 0 Å². The molecule has 0 N–H and O–H groups in total. The van der Waals surface area contributed by atoms with Crippen LogP contribution in [0.25, 0.3) is 12.2 Å². The maximum absolute atomic E-state index is 14.3. The average molecular weight is 581 g/mol. The Kier molecular flexibility index (Phi) is 5.38. The summed E-state index contributed by atoms with van der Waals surface area (Å²) in [5.74, 6) is -1.01. The Labute approximate surface area is 232 Å². The van der Waals surface area contributed by atoms with Gasteiger partial charge in [0.15, 0.2) is 0 Å². The Morgan fingerprint density at radius 1 is 0.575 bits per heavy atom. The van der Waals surface area contributed by atoms with Gasteiger partial charge in [0.2, 0.25) is 0 Å². The van der Waals surface area contributed by atoms with Crippen molar-refractivity contribution >= 4 is 31.7 Å². The van der Waals surface area contributed by atoms with Crippen molar-refractivity contribution in [3.05, 3.63) is 155 Å². The van der Waals surface area contributed by atoms with Gasteiger partial charge in [0.05, 0.1) is 0 Å². The third-order valence-corrected chi connectivity index (χ3v) is 26.9.